The van der Waals surface area contributed by atoms with Gasteiger partial charge < -0.3 is 14.6 Å². The van der Waals surface area contributed by atoms with Gasteiger partial charge in [0.05, 0.1) is 6.20 Å². The van der Waals surface area contributed by atoms with Gasteiger partial charge in [0.15, 0.2) is 11.5 Å². The summed E-state index contributed by atoms with van der Waals surface area (Å²) < 4.78 is 7.14. The highest BCUT2D eigenvalue weighted by Crippen LogP contribution is 2.13. The van der Waals surface area contributed by atoms with Gasteiger partial charge in [0.1, 0.15) is 12.3 Å². The van der Waals surface area contributed by atoms with Gasteiger partial charge in [-0.25, -0.2) is 0 Å². The van der Waals surface area contributed by atoms with Crippen LogP contribution in [0.4, 0.5) is 5.69 Å². The molecule has 3 aromatic rings. The Labute approximate surface area is 162 Å². The van der Waals surface area contributed by atoms with Crippen LogP contribution >= 0.6 is 0 Å². The first-order valence-electron chi connectivity index (χ1n) is 8.74. The second-order valence-electron chi connectivity index (χ2n) is 6.36. The number of aryl methyl sites for hydroxylation is 1. The summed E-state index contributed by atoms with van der Waals surface area (Å²) in [6, 6.07) is 17.3. The van der Waals surface area contributed by atoms with E-state index in [1.165, 1.54) is 19.2 Å². The molecule has 0 aliphatic heterocycles. The maximum atomic E-state index is 12.5. The van der Waals surface area contributed by atoms with Gasteiger partial charge in [-0.15, -0.1) is 0 Å². The Balaban J connectivity index is 1.73. The second kappa shape index (κ2) is 8.35. The number of carbonyl (C=O) groups is 2. The number of nitrogens with one attached hydrogen (secondary N) is 1. The highest BCUT2D eigenvalue weighted by atomic mass is 16.5. The zero-order chi connectivity index (χ0) is 20.1. The van der Waals surface area contributed by atoms with Crippen LogP contribution in [0, 0.1) is 0 Å². The normalized spacial score (nSPS) is 10.4. The number of amides is 1. The predicted molar refractivity (Wildman–Crippen MR) is 107 cm³/mol. The van der Waals surface area contributed by atoms with Gasteiger partial charge in [0.25, 0.3) is 5.91 Å². The Hall–Kier alpha value is -3.67. The molecule has 0 radical (unpaired) electrons. The van der Waals surface area contributed by atoms with Crippen LogP contribution in [0.15, 0.2) is 71.7 Å². The van der Waals surface area contributed by atoms with Gasteiger partial charge in [-0.3, -0.25) is 14.4 Å². The van der Waals surface area contributed by atoms with Crippen molar-refractivity contribution in [2.24, 2.45) is 7.05 Å². The van der Waals surface area contributed by atoms with Crippen molar-refractivity contribution in [1.82, 2.24) is 4.57 Å². The van der Waals surface area contributed by atoms with E-state index in [1.807, 2.05) is 30.3 Å². The van der Waals surface area contributed by atoms with Crippen molar-refractivity contribution < 1.29 is 14.3 Å². The maximum absolute atomic E-state index is 12.5. The molecule has 28 heavy (non-hydrogen) atoms. The predicted octanol–water partition coefficient (Wildman–Crippen LogP) is 3.42. The third-order valence-corrected chi connectivity index (χ3v) is 4.22. The number of carbonyl (C=O) groups excluding carboxylic acids is 2. The number of aromatic nitrogens is 1. The van der Waals surface area contributed by atoms with Gasteiger partial charge in [-0.2, -0.15) is 0 Å². The molecule has 3 rings (SSSR count). The monoisotopic (exact) mass is 376 g/mol. The lowest BCUT2D eigenvalue weighted by molar-refractivity contribution is 0.101. The van der Waals surface area contributed by atoms with E-state index in [0.29, 0.717) is 11.3 Å². The number of rotatable bonds is 6. The molecule has 142 valence electrons. The van der Waals surface area contributed by atoms with Crippen LogP contribution in [0.25, 0.3) is 0 Å². The number of ether oxygens (including phenoxy) is 1. The van der Waals surface area contributed by atoms with Crippen LogP contribution in [0.3, 0.4) is 0 Å². The summed E-state index contributed by atoms with van der Waals surface area (Å²) in [5, 5.41) is 2.72. The summed E-state index contributed by atoms with van der Waals surface area (Å²) in [6.07, 6.45) is 1.50. The Morgan fingerprint density at radius 3 is 2.36 bits per heavy atom. The lowest BCUT2D eigenvalue weighted by Crippen LogP contribution is -2.21. The zero-order valence-electron chi connectivity index (χ0n) is 15.6. The van der Waals surface area contributed by atoms with Gasteiger partial charge in [-0.05, 0) is 36.8 Å². The molecule has 0 atom stereocenters. The van der Waals surface area contributed by atoms with Crippen molar-refractivity contribution >= 4 is 17.4 Å². The molecule has 1 N–H and O–H groups in total. The SMILES string of the molecule is CC(=O)c1ccc(NC(=O)c2cc(=O)c(OCc3ccccc3)cn2C)cc1. The van der Waals surface area contributed by atoms with E-state index in [0.717, 1.165) is 5.56 Å². The van der Waals surface area contributed by atoms with E-state index in [4.69, 9.17) is 4.74 Å². The number of anilines is 1. The fraction of sp³-hybridized carbons (Fsp3) is 0.136. The summed E-state index contributed by atoms with van der Waals surface area (Å²) in [4.78, 5) is 36.2. The van der Waals surface area contributed by atoms with Crippen molar-refractivity contribution in [3.8, 4) is 5.75 Å². The average Bonchev–Trinajstić information content (AvgIpc) is 2.69. The second-order valence-corrected chi connectivity index (χ2v) is 6.36. The molecule has 2 aromatic carbocycles. The van der Waals surface area contributed by atoms with Gasteiger partial charge in [0, 0.05) is 24.4 Å². The first kappa shape index (κ1) is 19.1. The number of hydrogen-bond donors (Lipinski definition) is 1. The maximum Gasteiger partial charge on any atom is 0.272 e. The Morgan fingerprint density at radius 2 is 1.71 bits per heavy atom. The average molecular weight is 376 g/mol. The minimum atomic E-state index is -0.426. The molecule has 0 unspecified atom stereocenters. The fourth-order valence-electron chi connectivity index (χ4n) is 2.66. The third-order valence-electron chi connectivity index (χ3n) is 4.22. The standard InChI is InChI=1S/C22H20N2O4/c1-15(25)17-8-10-18(11-9-17)23-22(27)19-12-20(26)21(13-24(19)2)28-14-16-6-4-3-5-7-16/h3-13H,14H2,1-2H3,(H,23,27). The van der Waals surface area contributed by atoms with E-state index in [1.54, 1.807) is 35.9 Å². The molecule has 0 saturated carbocycles. The molecule has 0 aliphatic rings. The van der Waals surface area contributed by atoms with Gasteiger partial charge in [0.2, 0.25) is 5.43 Å². The molecule has 1 amide bonds. The van der Waals surface area contributed by atoms with Crippen molar-refractivity contribution in [3.05, 3.63) is 93.9 Å². The van der Waals surface area contributed by atoms with Gasteiger partial charge in [-0.1, -0.05) is 30.3 Å². The molecule has 0 bridgehead atoms. The van der Waals surface area contributed by atoms with Crippen LogP contribution in [-0.4, -0.2) is 16.3 Å². The molecule has 0 fully saturated rings. The first-order chi connectivity index (χ1) is 13.4. The summed E-state index contributed by atoms with van der Waals surface area (Å²) in [7, 11) is 1.67. The highest BCUT2D eigenvalue weighted by molar-refractivity contribution is 6.03. The number of hydrogen-bond acceptors (Lipinski definition) is 4. The van der Waals surface area contributed by atoms with Crippen LogP contribution in [-0.2, 0) is 13.7 Å². The molecule has 1 aromatic heterocycles. The summed E-state index contributed by atoms with van der Waals surface area (Å²) in [5.74, 6) is -0.301. The van der Waals surface area contributed by atoms with Crippen LogP contribution in [0.1, 0.15) is 33.3 Å². The Bertz CT molecular complexity index is 1050. The van der Waals surface area contributed by atoms with Crippen molar-refractivity contribution in [2.75, 3.05) is 5.32 Å². The largest absolute Gasteiger partial charge is 0.483 e. The number of pyridine rings is 1. The minimum Gasteiger partial charge on any atom is -0.483 e. The molecular formula is C22H20N2O4. The molecule has 6 nitrogen and oxygen atoms in total. The number of Topliss-reactive ketones (excluding diaryl/α,β-unsaturated/α-hetero) is 1. The van der Waals surface area contributed by atoms with Crippen molar-refractivity contribution in [1.29, 1.82) is 0 Å². The van der Waals surface area contributed by atoms with E-state index in [-0.39, 0.29) is 29.3 Å². The zero-order valence-corrected chi connectivity index (χ0v) is 15.6. The van der Waals surface area contributed by atoms with Crippen LogP contribution < -0.4 is 15.5 Å². The van der Waals surface area contributed by atoms with Gasteiger partial charge >= 0.3 is 0 Å². The molecular weight excluding hydrogens is 356 g/mol. The fourth-order valence-corrected chi connectivity index (χ4v) is 2.66. The third kappa shape index (κ3) is 4.54. The lowest BCUT2D eigenvalue weighted by Gasteiger charge is -2.12. The number of nitrogens with zero attached hydrogens (tertiary/aromatic N) is 1. The quantitative estimate of drug-likeness (QED) is 0.669. The van der Waals surface area contributed by atoms with E-state index in [2.05, 4.69) is 5.32 Å². The summed E-state index contributed by atoms with van der Waals surface area (Å²) in [5.41, 5.74) is 1.87. The van der Waals surface area contributed by atoms with Crippen LogP contribution in [0.2, 0.25) is 0 Å². The van der Waals surface area contributed by atoms with E-state index < -0.39 is 5.91 Å². The van der Waals surface area contributed by atoms with Crippen molar-refractivity contribution in [2.45, 2.75) is 13.5 Å². The molecule has 0 spiro atoms. The molecule has 0 aliphatic carbocycles. The van der Waals surface area contributed by atoms with E-state index >= 15 is 0 Å². The lowest BCUT2D eigenvalue weighted by atomic mass is 10.1. The number of benzene rings is 2. The Morgan fingerprint density at radius 1 is 1.04 bits per heavy atom. The van der Waals surface area contributed by atoms with Crippen LogP contribution in [0.5, 0.6) is 5.75 Å². The number of ketones is 1. The minimum absolute atomic E-state index is 0.0497. The summed E-state index contributed by atoms with van der Waals surface area (Å²) in [6.45, 7) is 1.74. The molecule has 0 saturated heterocycles. The van der Waals surface area contributed by atoms with Crippen molar-refractivity contribution in [3.63, 3.8) is 0 Å². The Kier molecular flexibility index (Phi) is 5.69. The smallest absolute Gasteiger partial charge is 0.272 e. The molecule has 1 heterocycles. The molecule has 6 heteroatoms. The topological polar surface area (TPSA) is 77.4 Å². The highest BCUT2D eigenvalue weighted by Gasteiger charge is 2.13. The van der Waals surface area contributed by atoms with E-state index in [9.17, 15) is 14.4 Å². The first-order valence-corrected chi connectivity index (χ1v) is 8.74. The summed E-state index contributed by atoms with van der Waals surface area (Å²) >= 11 is 0.